The van der Waals surface area contributed by atoms with Gasteiger partial charge in [0, 0.05) is 12.3 Å². The molecule has 8 heteroatoms. The maximum absolute atomic E-state index is 12.5. The number of hydrogen-bond acceptors (Lipinski definition) is 6. The number of hydrogen-bond donors (Lipinski definition) is 1. The van der Waals surface area contributed by atoms with Gasteiger partial charge >= 0.3 is 11.9 Å². The van der Waals surface area contributed by atoms with Crippen molar-refractivity contribution < 1.29 is 29.0 Å². The molecule has 0 radical (unpaired) electrons. The zero-order chi connectivity index (χ0) is 18.9. The molecular weight excluding hydrogens is 371 g/mol. The first-order valence-corrected chi connectivity index (χ1v) is 8.25. The molecule has 1 fully saturated rings. The number of benzene rings is 1. The third kappa shape index (κ3) is 3.66. The highest BCUT2D eigenvalue weighted by Gasteiger charge is 2.56. The van der Waals surface area contributed by atoms with Crippen LogP contribution >= 0.6 is 23.2 Å². The van der Waals surface area contributed by atoms with Crippen LogP contribution in [0.2, 0.25) is 10.0 Å². The van der Waals surface area contributed by atoms with Gasteiger partial charge in [0.25, 0.3) is 0 Å². The fourth-order valence-electron chi connectivity index (χ4n) is 3.39. The van der Waals surface area contributed by atoms with Gasteiger partial charge in [-0.2, -0.15) is 0 Å². The summed E-state index contributed by atoms with van der Waals surface area (Å²) in [4.78, 5) is 37.2. The third-order valence-corrected chi connectivity index (χ3v) is 5.25. The zero-order valence-corrected chi connectivity index (χ0v) is 15.4. The lowest BCUT2D eigenvalue weighted by atomic mass is 9.62. The number of ketones is 1. The van der Waals surface area contributed by atoms with Crippen molar-refractivity contribution in [2.45, 2.75) is 24.9 Å². The van der Waals surface area contributed by atoms with Crippen molar-refractivity contribution in [3.8, 4) is 0 Å². The molecule has 4 atom stereocenters. The summed E-state index contributed by atoms with van der Waals surface area (Å²) in [5.41, 5.74) is -1.28. The van der Waals surface area contributed by atoms with Crippen LogP contribution in [0.15, 0.2) is 18.2 Å². The van der Waals surface area contributed by atoms with Crippen molar-refractivity contribution in [1.82, 2.24) is 0 Å². The summed E-state index contributed by atoms with van der Waals surface area (Å²) >= 11 is 12.0. The first kappa shape index (κ1) is 19.7. The molecule has 25 heavy (non-hydrogen) atoms. The van der Waals surface area contributed by atoms with Gasteiger partial charge in [-0.25, -0.2) is 0 Å². The molecule has 0 amide bonds. The van der Waals surface area contributed by atoms with E-state index in [1.165, 1.54) is 26.2 Å². The number of rotatable bonds is 3. The van der Waals surface area contributed by atoms with E-state index < -0.39 is 41.1 Å². The summed E-state index contributed by atoms with van der Waals surface area (Å²) in [5.74, 6) is -5.45. The van der Waals surface area contributed by atoms with Gasteiger partial charge in [-0.3, -0.25) is 14.4 Å². The SMILES string of the molecule is COC(=O)[C@H]1C(=O)C[C@@](C)(O)[C@@H](C(=O)OC)[C@H]1c1ccc(Cl)c(Cl)c1. The molecule has 136 valence electrons. The number of halogens is 2. The quantitative estimate of drug-likeness (QED) is 0.631. The fourth-order valence-corrected chi connectivity index (χ4v) is 3.70. The maximum Gasteiger partial charge on any atom is 0.316 e. The number of Topliss-reactive ketones (excluding diaryl/α,β-unsaturated/α-hetero) is 1. The van der Waals surface area contributed by atoms with Gasteiger partial charge < -0.3 is 14.6 Å². The van der Waals surface area contributed by atoms with Crippen molar-refractivity contribution in [1.29, 1.82) is 0 Å². The van der Waals surface area contributed by atoms with Gasteiger partial charge in [-0.1, -0.05) is 29.3 Å². The van der Waals surface area contributed by atoms with Crippen molar-refractivity contribution in [2.75, 3.05) is 14.2 Å². The summed E-state index contributed by atoms with van der Waals surface area (Å²) in [6.45, 7) is 1.37. The van der Waals surface area contributed by atoms with E-state index in [1.807, 2.05) is 0 Å². The summed E-state index contributed by atoms with van der Waals surface area (Å²) in [6, 6.07) is 4.52. The molecule has 0 heterocycles. The van der Waals surface area contributed by atoms with Crippen LogP contribution in [0.25, 0.3) is 0 Å². The van der Waals surface area contributed by atoms with Gasteiger partial charge in [0.2, 0.25) is 0 Å². The Bertz CT molecular complexity index is 715. The Hall–Kier alpha value is -1.63. The van der Waals surface area contributed by atoms with Gasteiger partial charge in [-0.15, -0.1) is 0 Å². The molecule has 0 spiro atoms. The van der Waals surface area contributed by atoms with Crippen molar-refractivity contribution in [3.05, 3.63) is 33.8 Å². The number of carbonyl (C=O) groups is 3. The molecule has 1 aliphatic rings. The second-order valence-corrected chi connectivity index (χ2v) is 7.02. The largest absolute Gasteiger partial charge is 0.469 e. The van der Waals surface area contributed by atoms with Crippen LogP contribution in [-0.4, -0.2) is 42.6 Å². The molecule has 1 aromatic carbocycles. The van der Waals surface area contributed by atoms with Crippen molar-refractivity contribution in [2.24, 2.45) is 11.8 Å². The second kappa shape index (κ2) is 7.32. The molecular formula is C17H18Cl2O6. The highest BCUT2D eigenvalue weighted by atomic mass is 35.5. The molecule has 0 saturated heterocycles. The van der Waals surface area contributed by atoms with E-state index >= 15 is 0 Å². The highest BCUT2D eigenvalue weighted by Crippen LogP contribution is 2.47. The minimum atomic E-state index is -1.69. The summed E-state index contributed by atoms with van der Waals surface area (Å²) < 4.78 is 9.55. The van der Waals surface area contributed by atoms with E-state index in [2.05, 4.69) is 0 Å². The first-order chi connectivity index (χ1) is 11.6. The maximum atomic E-state index is 12.5. The lowest BCUT2D eigenvalue weighted by molar-refractivity contribution is -0.170. The summed E-state index contributed by atoms with van der Waals surface area (Å²) in [6.07, 6.45) is -0.371. The normalized spacial score (nSPS) is 29.2. The van der Waals surface area contributed by atoms with Crippen LogP contribution in [-0.2, 0) is 23.9 Å². The average molecular weight is 389 g/mol. The Balaban J connectivity index is 2.68. The Morgan fingerprint density at radius 1 is 1.16 bits per heavy atom. The monoisotopic (exact) mass is 388 g/mol. The van der Waals surface area contributed by atoms with Crippen LogP contribution < -0.4 is 0 Å². The van der Waals surface area contributed by atoms with E-state index in [-0.39, 0.29) is 16.5 Å². The molecule has 1 aliphatic carbocycles. The predicted octanol–water partition coefficient (Wildman–Crippen LogP) is 2.38. The van der Waals surface area contributed by atoms with E-state index in [0.29, 0.717) is 5.56 Å². The van der Waals surface area contributed by atoms with Crippen LogP contribution in [0.3, 0.4) is 0 Å². The number of ether oxygens (including phenoxy) is 2. The van der Waals surface area contributed by atoms with E-state index in [0.717, 1.165) is 7.11 Å². The van der Waals surface area contributed by atoms with Gasteiger partial charge in [0.05, 0.1) is 35.8 Å². The number of carbonyl (C=O) groups excluding carboxylic acids is 3. The number of aliphatic hydroxyl groups is 1. The summed E-state index contributed by atoms with van der Waals surface area (Å²) in [5, 5.41) is 11.2. The van der Waals surface area contributed by atoms with Crippen molar-refractivity contribution in [3.63, 3.8) is 0 Å². The topological polar surface area (TPSA) is 89.9 Å². The Labute approximate surface area is 155 Å². The van der Waals surface area contributed by atoms with E-state index in [4.69, 9.17) is 32.7 Å². The van der Waals surface area contributed by atoms with Gasteiger partial charge in [0.15, 0.2) is 5.78 Å². The minimum Gasteiger partial charge on any atom is -0.469 e. The van der Waals surface area contributed by atoms with E-state index in [1.54, 1.807) is 6.07 Å². The number of esters is 2. The Morgan fingerprint density at radius 3 is 2.28 bits per heavy atom. The van der Waals surface area contributed by atoms with Gasteiger partial charge in [0.1, 0.15) is 5.92 Å². The first-order valence-electron chi connectivity index (χ1n) is 7.49. The summed E-state index contributed by atoms with van der Waals surface area (Å²) in [7, 11) is 2.33. The lowest BCUT2D eigenvalue weighted by Gasteiger charge is -2.43. The Kier molecular flexibility index (Phi) is 5.76. The second-order valence-electron chi connectivity index (χ2n) is 6.20. The molecule has 0 unspecified atom stereocenters. The molecule has 1 aromatic rings. The molecule has 1 N–H and O–H groups in total. The molecule has 6 nitrogen and oxygen atoms in total. The zero-order valence-electron chi connectivity index (χ0n) is 13.9. The molecule has 1 saturated carbocycles. The predicted molar refractivity (Wildman–Crippen MR) is 90.5 cm³/mol. The van der Waals surface area contributed by atoms with Crippen LogP contribution in [0.4, 0.5) is 0 Å². The van der Waals surface area contributed by atoms with Gasteiger partial charge in [-0.05, 0) is 24.6 Å². The Morgan fingerprint density at radius 2 is 1.76 bits per heavy atom. The van der Waals surface area contributed by atoms with Crippen molar-refractivity contribution >= 4 is 40.9 Å². The van der Waals surface area contributed by atoms with Crippen LogP contribution in [0, 0.1) is 11.8 Å². The number of methoxy groups -OCH3 is 2. The van der Waals surface area contributed by atoms with E-state index in [9.17, 15) is 19.5 Å². The average Bonchev–Trinajstić information content (AvgIpc) is 2.54. The molecule has 0 bridgehead atoms. The van der Waals surface area contributed by atoms with Crippen LogP contribution in [0.5, 0.6) is 0 Å². The molecule has 0 aliphatic heterocycles. The van der Waals surface area contributed by atoms with Crippen LogP contribution in [0.1, 0.15) is 24.8 Å². The molecule has 0 aromatic heterocycles. The smallest absolute Gasteiger partial charge is 0.316 e. The highest BCUT2D eigenvalue weighted by molar-refractivity contribution is 6.42. The lowest BCUT2D eigenvalue weighted by Crippen LogP contribution is -2.55. The fraction of sp³-hybridized carbons (Fsp3) is 0.471. The standard InChI is InChI=1S/C17H18Cl2O6/c1-17(23)7-11(20)13(15(21)24-2)12(14(17)16(22)25-3)8-4-5-9(18)10(19)6-8/h4-6,12-14,23H,7H2,1-3H3/t12-,13-,14+,17+/m0/s1. The third-order valence-electron chi connectivity index (χ3n) is 4.51. The minimum absolute atomic E-state index is 0.198. The molecule has 2 rings (SSSR count).